The van der Waals surface area contributed by atoms with E-state index < -0.39 is 0 Å². The van der Waals surface area contributed by atoms with Crippen LogP contribution in [-0.2, 0) is 7.05 Å². The summed E-state index contributed by atoms with van der Waals surface area (Å²) in [4.78, 5) is 25.1. The van der Waals surface area contributed by atoms with Gasteiger partial charge in [-0.3, -0.25) is 9.59 Å². The number of aromatic nitrogens is 1. The van der Waals surface area contributed by atoms with Crippen LogP contribution in [0, 0.1) is 0 Å². The number of halogens is 1. The van der Waals surface area contributed by atoms with Crippen molar-refractivity contribution in [2.45, 2.75) is 0 Å². The molecule has 2 aromatic heterocycles. The second-order valence-electron chi connectivity index (χ2n) is 4.85. The van der Waals surface area contributed by atoms with E-state index in [1.807, 2.05) is 23.6 Å². The van der Waals surface area contributed by atoms with E-state index in [2.05, 4.69) is 0 Å². The van der Waals surface area contributed by atoms with Crippen molar-refractivity contribution in [3.8, 4) is 0 Å². The van der Waals surface area contributed by atoms with Crippen LogP contribution in [0.3, 0.4) is 0 Å². The molecule has 3 aromatic rings. The zero-order valence-electron chi connectivity index (χ0n) is 12.2. The number of rotatable bonds is 3. The standard InChI is InChI=1S/C17H12ClNO2S2/c1-19-16(10-13(20)14-3-2-8-22-14)23-15(17(19)21)9-11-4-6-12(18)7-5-11/h2-10H,1H3/b15-9+,16-10-. The van der Waals surface area contributed by atoms with Gasteiger partial charge >= 0.3 is 0 Å². The molecule has 0 spiro atoms. The second kappa shape index (κ2) is 6.66. The molecule has 0 unspecified atom stereocenters. The quantitative estimate of drug-likeness (QED) is 0.673. The average Bonchev–Trinajstić information content (AvgIpc) is 3.15. The number of hydrogen-bond acceptors (Lipinski definition) is 4. The number of Topliss-reactive ketones (excluding diaryl/α,β-unsaturated/α-hetero) is 1. The molecule has 0 fully saturated rings. The molecule has 2 heterocycles. The van der Waals surface area contributed by atoms with E-state index >= 15 is 0 Å². The number of thiazole rings is 1. The topological polar surface area (TPSA) is 39.1 Å². The van der Waals surface area contributed by atoms with Crippen LogP contribution in [0.2, 0.25) is 5.02 Å². The molecular weight excluding hydrogens is 350 g/mol. The summed E-state index contributed by atoms with van der Waals surface area (Å²) in [6, 6.07) is 10.9. The van der Waals surface area contributed by atoms with Gasteiger partial charge in [0.15, 0.2) is 5.78 Å². The zero-order chi connectivity index (χ0) is 16.4. The average molecular weight is 362 g/mol. The van der Waals surface area contributed by atoms with Gasteiger partial charge in [-0.2, -0.15) is 0 Å². The Morgan fingerprint density at radius 1 is 1.22 bits per heavy atom. The molecule has 0 saturated heterocycles. The Hall–Kier alpha value is -1.95. The third kappa shape index (κ3) is 3.52. The molecule has 0 amide bonds. The summed E-state index contributed by atoms with van der Waals surface area (Å²) in [7, 11) is 1.67. The number of thiophene rings is 1. The summed E-state index contributed by atoms with van der Waals surface area (Å²) in [6.07, 6.45) is 3.31. The first kappa shape index (κ1) is 15.9. The molecule has 116 valence electrons. The minimum absolute atomic E-state index is 0.0881. The summed E-state index contributed by atoms with van der Waals surface area (Å²) >= 11 is 8.55. The fourth-order valence-electron chi connectivity index (χ4n) is 2.02. The molecule has 1 aromatic carbocycles. The maximum Gasteiger partial charge on any atom is 0.268 e. The molecule has 0 bridgehead atoms. The Kier molecular flexibility index (Phi) is 4.61. The van der Waals surface area contributed by atoms with Crippen LogP contribution in [0.1, 0.15) is 15.2 Å². The van der Waals surface area contributed by atoms with Gasteiger partial charge in [-0.1, -0.05) is 29.8 Å². The molecule has 0 N–H and O–H groups in total. The van der Waals surface area contributed by atoms with Crippen molar-refractivity contribution in [2.75, 3.05) is 0 Å². The van der Waals surface area contributed by atoms with E-state index in [0.29, 0.717) is 19.1 Å². The highest BCUT2D eigenvalue weighted by Gasteiger charge is 2.06. The normalized spacial score (nSPS) is 12.8. The van der Waals surface area contributed by atoms with Crippen molar-refractivity contribution < 1.29 is 4.79 Å². The van der Waals surface area contributed by atoms with Gasteiger partial charge in [-0.15, -0.1) is 22.7 Å². The monoisotopic (exact) mass is 361 g/mol. The van der Waals surface area contributed by atoms with Gasteiger partial charge in [0.2, 0.25) is 0 Å². The fourth-order valence-corrected chi connectivity index (χ4v) is 3.81. The first-order valence-electron chi connectivity index (χ1n) is 6.77. The number of carbonyl (C=O) groups excluding carboxylic acids is 1. The lowest BCUT2D eigenvalue weighted by Gasteiger charge is -1.91. The smallest absolute Gasteiger partial charge is 0.268 e. The molecule has 6 heteroatoms. The molecule has 3 rings (SSSR count). The van der Waals surface area contributed by atoms with Crippen LogP contribution >= 0.6 is 34.3 Å². The largest absolute Gasteiger partial charge is 0.302 e. The predicted molar refractivity (Wildman–Crippen MR) is 96.9 cm³/mol. The van der Waals surface area contributed by atoms with E-state index in [1.54, 1.807) is 31.3 Å². The molecule has 0 radical (unpaired) electrons. The number of carbonyl (C=O) groups is 1. The van der Waals surface area contributed by atoms with Gasteiger partial charge in [0.1, 0.15) is 4.66 Å². The third-order valence-corrected chi connectivity index (χ3v) is 5.50. The van der Waals surface area contributed by atoms with Crippen LogP contribution in [0.25, 0.3) is 12.2 Å². The lowest BCUT2D eigenvalue weighted by Crippen LogP contribution is -2.29. The Balaban J connectivity index is 2.07. The second-order valence-corrected chi connectivity index (χ2v) is 7.30. The van der Waals surface area contributed by atoms with Gasteiger partial charge in [0, 0.05) is 18.1 Å². The van der Waals surface area contributed by atoms with Crippen LogP contribution in [0.4, 0.5) is 0 Å². The maximum atomic E-state index is 12.3. The highest BCUT2D eigenvalue weighted by molar-refractivity contribution is 7.12. The fraction of sp³-hybridized carbons (Fsp3) is 0.0588. The minimum atomic E-state index is -0.116. The van der Waals surface area contributed by atoms with Gasteiger partial charge in [0.25, 0.3) is 5.56 Å². The Labute approximate surface area is 145 Å². The highest BCUT2D eigenvalue weighted by atomic mass is 35.5. The van der Waals surface area contributed by atoms with Crippen LogP contribution < -0.4 is 14.8 Å². The molecular formula is C17H12ClNO2S2. The van der Waals surface area contributed by atoms with Crippen molar-refractivity contribution in [1.29, 1.82) is 0 Å². The maximum absolute atomic E-state index is 12.3. The summed E-state index contributed by atoms with van der Waals surface area (Å²) < 4.78 is 2.71. The zero-order valence-corrected chi connectivity index (χ0v) is 14.5. The molecule has 23 heavy (non-hydrogen) atoms. The van der Waals surface area contributed by atoms with Crippen molar-refractivity contribution in [3.05, 3.63) is 76.8 Å². The Morgan fingerprint density at radius 3 is 2.61 bits per heavy atom. The number of ketones is 1. The third-order valence-electron chi connectivity index (χ3n) is 3.25. The van der Waals surface area contributed by atoms with E-state index in [1.165, 1.54) is 33.3 Å². The van der Waals surface area contributed by atoms with E-state index in [9.17, 15) is 9.59 Å². The van der Waals surface area contributed by atoms with E-state index in [4.69, 9.17) is 11.6 Å². The van der Waals surface area contributed by atoms with Gasteiger partial charge in [-0.25, -0.2) is 0 Å². The SMILES string of the molecule is Cn1c(=O)/c(=C\c2ccc(Cl)cc2)s/c1=C\C(=O)c1cccs1. The first-order chi connectivity index (χ1) is 11.0. The molecule has 0 saturated carbocycles. The van der Waals surface area contributed by atoms with Gasteiger partial charge < -0.3 is 4.57 Å². The number of hydrogen-bond donors (Lipinski definition) is 0. The molecule has 0 aliphatic carbocycles. The van der Waals surface area contributed by atoms with Crippen molar-refractivity contribution in [2.24, 2.45) is 7.05 Å². The molecule has 0 aliphatic heterocycles. The van der Waals surface area contributed by atoms with E-state index in [0.717, 1.165) is 5.56 Å². The van der Waals surface area contributed by atoms with Crippen LogP contribution in [0.15, 0.2) is 46.6 Å². The lowest BCUT2D eigenvalue weighted by molar-refractivity contribution is 0.106. The lowest BCUT2D eigenvalue weighted by atomic mass is 10.2. The Bertz CT molecular complexity index is 1010. The van der Waals surface area contributed by atoms with Gasteiger partial charge in [0.05, 0.1) is 9.41 Å². The molecule has 0 aliphatic rings. The number of benzene rings is 1. The van der Waals surface area contributed by atoms with Crippen LogP contribution in [-0.4, -0.2) is 10.4 Å². The Morgan fingerprint density at radius 2 is 1.96 bits per heavy atom. The van der Waals surface area contributed by atoms with E-state index in [-0.39, 0.29) is 11.3 Å². The van der Waals surface area contributed by atoms with Crippen LogP contribution in [0.5, 0.6) is 0 Å². The molecule has 0 atom stereocenters. The summed E-state index contributed by atoms with van der Waals surface area (Å²) in [6.45, 7) is 0. The highest BCUT2D eigenvalue weighted by Crippen LogP contribution is 2.10. The minimum Gasteiger partial charge on any atom is -0.302 e. The summed E-state index contributed by atoms with van der Waals surface area (Å²) in [5.74, 6) is -0.0881. The molecule has 3 nitrogen and oxygen atoms in total. The summed E-state index contributed by atoms with van der Waals surface area (Å²) in [5, 5.41) is 2.51. The summed E-state index contributed by atoms with van der Waals surface area (Å²) in [5.41, 5.74) is 0.777. The van der Waals surface area contributed by atoms with Gasteiger partial charge in [-0.05, 0) is 35.2 Å². The number of nitrogens with zero attached hydrogens (tertiary/aromatic N) is 1. The predicted octanol–water partition coefficient (Wildman–Crippen LogP) is 2.65. The van der Waals surface area contributed by atoms with Crippen molar-refractivity contribution in [1.82, 2.24) is 4.57 Å². The first-order valence-corrected chi connectivity index (χ1v) is 8.85. The van der Waals surface area contributed by atoms with Crippen molar-refractivity contribution >= 4 is 52.2 Å². The van der Waals surface area contributed by atoms with Crippen molar-refractivity contribution in [3.63, 3.8) is 0 Å².